The Kier molecular flexibility index (Phi) is 11.5. The lowest BCUT2D eigenvalue weighted by atomic mass is 9.51. The average Bonchev–Trinajstić information content (AvgIpc) is 2.85. The minimum absolute atomic E-state index is 0.0546. The molecule has 0 aliphatic heterocycles. The smallest absolute Gasteiger partial charge is 0.193 e. The fourth-order valence-corrected chi connectivity index (χ4v) is 9.41. The van der Waals surface area contributed by atoms with E-state index in [1.54, 1.807) is 5.57 Å². The second-order valence-corrected chi connectivity index (χ2v) is 25.9. The van der Waals surface area contributed by atoms with Crippen molar-refractivity contribution in [3.8, 4) is 11.8 Å². The van der Waals surface area contributed by atoms with Crippen LogP contribution in [-0.2, 0) is 8.85 Å². The molecule has 0 aromatic carbocycles. The molecule has 3 aliphatic rings. The Bertz CT molecular complexity index is 908. The molecule has 3 rings (SSSR count). The summed E-state index contributed by atoms with van der Waals surface area (Å²) >= 11 is 0. The van der Waals surface area contributed by atoms with E-state index in [1.165, 1.54) is 38.5 Å². The summed E-state index contributed by atoms with van der Waals surface area (Å²) in [7, 11) is -3.85. The first-order valence-electron chi connectivity index (χ1n) is 16.7. The van der Waals surface area contributed by atoms with Crippen molar-refractivity contribution in [2.45, 2.75) is 161 Å². The van der Waals surface area contributed by atoms with E-state index in [2.05, 4.69) is 92.6 Å². The van der Waals surface area contributed by atoms with Gasteiger partial charge in [0.15, 0.2) is 16.6 Å². The highest BCUT2D eigenvalue weighted by Gasteiger charge is 2.53. The predicted molar refractivity (Wildman–Crippen MR) is 176 cm³/mol. The van der Waals surface area contributed by atoms with Gasteiger partial charge in [0, 0.05) is 12.5 Å². The van der Waals surface area contributed by atoms with Crippen LogP contribution in [0.3, 0.4) is 0 Å². The quantitative estimate of drug-likeness (QED) is 0.126. The summed E-state index contributed by atoms with van der Waals surface area (Å²) in [5.74, 6) is 10.5. The van der Waals surface area contributed by atoms with Crippen molar-refractivity contribution in [3.63, 3.8) is 0 Å². The molecule has 2 unspecified atom stereocenters. The van der Waals surface area contributed by atoms with Crippen LogP contribution in [0.2, 0.25) is 36.3 Å². The van der Waals surface area contributed by atoms with Gasteiger partial charge in [0.25, 0.3) is 0 Å². The molecular formula is C35H64O3Si2. The second-order valence-electron chi connectivity index (χ2n) is 16.4. The fourth-order valence-electron chi connectivity index (χ4n) is 6.80. The maximum absolute atomic E-state index is 9.21. The molecule has 0 heterocycles. The van der Waals surface area contributed by atoms with E-state index in [0.717, 1.165) is 25.7 Å². The second kappa shape index (κ2) is 13.5. The standard InChI is InChI=1S/C35H64O3Si2/c1-26-28(20-16-13-17-25-36)29-21-24-32(38-40(10,11)35(5,6)7)30(33(26)29)22-23-31(27-18-14-12-15-19-27)37-39(8,9)34(2,3)4/h20,26-27,29-33,36H,12-19,21,24-25H2,1-11H3/b28-20-/t26?,29-,30+,31?,32-,33+/m1/s1. The van der Waals surface area contributed by atoms with Crippen LogP contribution in [0.4, 0.5) is 0 Å². The van der Waals surface area contributed by atoms with Crippen molar-refractivity contribution >= 4 is 16.6 Å². The van der Waals surface area contributed by atoms with Gasteiger partial charge in [-0.25, -0.2) is 0 Å². The molecule has 0 saturated heterocycles. The Morgan fingerprint density at radius 1 is 0.900 bits per heavy atom. The Balaban J connectivity index is 1.93. The third-order valence-electron chi connectivity index (χ3n) is 11.5. The van der Waals surface area contributed by atoms with Gasteiger partial charge in [-0.05, 0) is 105 Å². The summed E-state index contributed by atoms with van der Waals surface area (Å²) < 4.78 is 14.3. The molecule has 5 heteroatoms. The van der Waals surface area contributed by atoms with Gasteiger partial charge in [0.05, 0.1) is 6.10 Å². The number of hydrogen-bond donors (Lipinski definition) is 1. The monoisotopic (exact) mass is 588 g/mol. The Morgan fingerprint density at radius 3 is 2.10 bits per heavy atom. The van der Waals surface area contributed by atoms with Gasteiger partial charge in [-0.2, -0.15) is 0 Å². The number of hydrogen-bond acceptors (Lipinski definition) is 3. The Hall–Kier alpha value is -0.386. The molecule has 3 aliphatic carbocycles. The summed E-state index contributed by atoms with van der Waals surface area (Å²) in [6, 6.07) is 0. The number of fused-ring (bicyclic) bond motifs is 1. The molecule has 230 valence electrons. The predicted octanol–water partition coefficient (Wildman–Crippen LogP) is 9.73. The highest BCUT2D eigenvalue weighted by atomic mass is 28.4. The van der Waals surface area contributed by atoms with E-state index < -0.39 is 16.6 Å². The van der Waals surface area contributed by atoms with Crippen LogP contribution in [0.1, 0.15) is 113 Å². The average molecular weight is 589 g/mol. The Morgan fingerprint density at radius 2 is 1.52 bits per heavy atom. The highest BCUT2D eigenvalue weighted by molar-refractivity contribution is 6.74. The van der Waals surface area contributed by atoms with E-state index in [9.17, 15) is 5.11 Å². The number of aliphatic hydroxyl groups excluding tert-OH is 1. The van der Waals surface area contributed by atoms with Gasteiger partial charge in [-0.1, -0.05) is 91.2 Å². The zero-order valence-corrected chi connectivity index (χ0v) is 30.2. The Labute approximate surface area is 250 Å². The van der Waals surface area contributed by atoms with Crippen LogP contribution in [0.15, 0.2) is 11.6 Å². The lowest BCUT2D eigenvalue weighted by Gasteiger charge is -2.55. The lowest BCUT2D eigenvalue weighted by molar-refractivity contribution is -0.00749. The number of aliphatic hydroxyl groups is 1. The minimum atomic E-state index is -1.94. The van der Waals surface area contributed by atoms with Gasteiger partial charge in [0.2, 0.25) is 0 Å². The summed E-state index contributed by atoms with van der Waals surface area (Å²) in [6.07, 6.45) is 14.7. The molecule has 3 saturated carbocycles. The molecule has 0 aromatic heterocycles. The maximum atomic E-state index is 9.21. The van der Waals surface area contributed by atoms with E-state index in [4.69, 9.17) is 8.85 Å². The first-order valence-corrected chi connectivity index (χ1v) is 22.5. The highest BCUT2D eigenvalue weighted by Crippen LogP contribution is 2.57. The summed E-state index contributed by atoms with van der Waals surface area (Å²) in [6.45, 7) is 26.5. The zero-order valence-electron chi connectivity index (χ0n) is 28.2. The lowest BCUT2D eigenvalue weighted by Crippen LogP contribution is -2.54. The number of allylic oxidation sites excluding steroid dienone is 2. The molecule has 3 nitrogen and oxygen atoms in total. The minimum Gasteiger partial charge on any atom is -0.413 e. The normalized spacial score (nSPS) is 30.3. The van der Waals surface area contributed by atoms with Crippen molar-refractivity contribution in [2.24, 2.45) is 29.6 Å². The molecule has 0 bridgehead atoms. The summed E-state index contributed by atoms with van der Waals surface area (Å²) in [5, 5.41) is 9.59. The first kappa shape index (κ1) is 34.1. The molecule has 1 N–H and O–H groups in total. The van der Waals surface area contributed by atoms with Crippen molar-refractivity contribution in [1.29, 1.82) is 0 Å². The number of rotatable bonds is 9. The maximum Gasteiger partial charge on any atom is 0.193 e. The van der Waals surface area contributed by atoms with Gasteiger partial charge < -0.3 is 14.0 Å². The summed E-state index contributed by atoms with van der Waals surface area (Å²) in [5.41, 5.74) is 1.65. The van der Waals surface area contributed by atoms with Crippen LogP contribution in [0.5, 0.6) is 0 Å². The molecule has 0 radical (unpaired) electrons. The number of unbranched alkanes of at least 4 members (excludes halogenated alkanes) is 2. The van der Waals surface area contributed by atoms with Crippen molar-refractivity contribution in [1.82, 2.24) is 0 Å². The zero-order chi connectivity index (χ0) is 29.9. The van der Waals surface area contributed by atoms with Crippen molar-refractivity contribution in [2.75, 3.05) is 6.61 Å². The molecule has 3 fully saturated rings. The van der Waals surface area contributed by atoms with E-state index in [-0.39, 0.29) is 28.2 Å². The van der Waals surface area contributed by atoms with Crippen molar-refractivity contribution in [3.05, 3.63) is 11.6 Å². The van der Waals surface area contributed by atoms with Gasteiger partial charge >= 0.3 is 0 Å². The van der Waals surface area contributed by atoms with Crippen molar-refractivity contribution < 1.29 is 14.0 Å². The topological polar surface area (TPSA) is 38.7 Å². The van der Waals surface area contributed by atoms with Crippen LogP contribution in [0.25, 0.3) is 0 Å². The van der Waals surface area contributed by atoms with Gasteiger partial charge in [-0.3, -0.25) is 0 Å². The van der Waals surface area contributed by atoms with Crippen LogP contribution >= 0.6 is 0 Å². The third kappa shape index (κ3) is 7.96. The fraction of sp³-hybridized carbons (Fsp3) is 0.886. The molecule has 40 heavy (non-hydrogen) atoms. The molecular weight excluding hydrogens is 525 g/mol. The molecule has 0 aromatic rings. The van der Waals surface area contributed by atoms with Gasteiger partial charge in [0.1, 0.15) is 6.10 Å². The molecule has 0 spiro atoms. The molecule has 0 amide bonds. The first-order chi connectivity index (χ1) is 18.5. The summed E-state index contributed by atoms with van der Waals surface area (Å²) in [4.78, 5) is 0. The van der Waals surface area contributed by atoms with E-state index in [0.29, 0.717) is 30.3 Å². The largest absolute Gasteiger partial charge is 0.413 e. The van der Waals surface area contributed by atoms with E-state index in [1.807, 2.05) is 0 Å². The third-order valence-corrected chi connectivity index (χ3v) is 20.5. The van der Waals surface area contributed by atoms with Crippen LogP contribution in [0, 0.1) is 41.4 Å². The van der Waals surface area contributed by atoms with E-state index >= 15 is 0 Å². The van der Waals surface area contributed by atoms with Crippen LogP contribution < -0.4 is 0 Å². The molecule has 6 atom stereocenters. The van der Waals surface area contributed by atoms with Gasteiger partial charge in [-0.15, -0.1) is 0 Å². The SMILES string of the molecule is CC1/C(=C/CCCCO)[C@H]2CC[C@@H](O[Si](C)(C)C(C)(C)C)[C@H](C#CC(O[Si](C)(C)C(C)(C)C)C3CCCCC3)[C@@H]12. The van der Waals surface area contributed by atoms with Crippen LogP contribution in [-0.4, -0.2) is 40.6 Å².